The van der Waals surface area contributed by atoms with Gasteiger partial charge in [-0.1, -0.05) is 6.92 Å². The van der Waals surface area contributed by atoms with Gasteiger partial charge in [0.2, 0.25) is 5.09 Å². The molecule has 0 fully saturated rings. The van der Waals surface area contributed by atoms with E-state index in [0.717, 1.165) is 6.07 Å². The van der Waals surface area contributed by atoms with Crippen LogP contribution in [-0.4, -0.2) is 41.2 Å². The van der Waals surface area contributed by atoms with Crippen molar-refractivity contribution >= 4 is 26.1 Å². The Balaban J connectivity index is 2.69. The molecule has 0 spiro atoms. The molecule has 102 valence electrons. The lowest BCUT2D eigenvalue weighted by molar-refractivity contribution is 0.109. The Kier molecular flexibility index (Phi) is 4.65. The standard InChI is InChI=1S/C9H13NO6S2/c1-2-17(12,13)6-5-10-18(14,15)9-4-3-8(7-11)16-9/h3-4,7,10H,2,5-6H2,1H3. The topological polar surface area (TPSA) is 111 Å². The average Bonchev–Trinajstić information content (AvgIpc) is 2.77. The summed E-state index contributed by atoms with van der Waals surface area (Å²) in [7, 11) is -7.16. The molecule has 0 aliphatic rings. The molecule has 0 unspecified atom stereocenters. The zero-order chi connectivity index (χ0) is 13.8. The third-order valence-corrected chi connectivity index (χ3v) is 5.17. The van der Waals surface area contributed by atoms with Gasteiger partial charge in [0.1, 0.15) is 0 Å². The number of carbonyl (C=O) groups is 1. The first kappa shape index (κ1) is 14.9. The van der Waals surface area contributed by atoms with Crippen molar-refractivity contribution in [2.75, 3.05) is 18.1 Å². The SMILES string of the molecule is CCS(=O)(=O)CCNS(=O)(=O)c1ccc(C=O)o1. The van der Waals surface area contributed by atoms with Gasteiger partial charge < -0.3 is 4.42 Å². The van der Waals surface area contributed by atoms with Crippen molar-refractivity contribution in [2.45, 2.75) is 12.0 Å². The zero-order valence-electron chi connectivity index (χ0n) is 9.62. The molecule has 0 saturated carbocycles. The van der Waals surface area contributed by atoms with E-state index in [9.17, 15) is 21.6 Å². The van der Waals surface area contributed by atoms with Crippen molar-refractivity contribution in [3.05, 3.63) is 17.9 Å². The number of sulfonamides is 1. The van der Waals surface area contributed by atoms with Crippen LogP contribution in [0.2, 0.25) is 0 Å². The molecule has 0 aliphatic heterocycles. The number of furan rings is 1. The molecular weight excluding hydrogens is 282 g/mol. The molecule has 0 aromatic carbocycles. The van der Waals surface area contributed by atoms with Crippen LogP contribution in [0.5, 0.6) is 0 Å². The minimum Gasteiger partial charge on any atom is -0.440 e. The maximum atomic E-state index is 11.6. The molecular formula is C9H13NO6S2. The number of hydrogen-bond donors (Lipinski definition) is 1. The van der Waals surface area contributed by atoms with Crippen LogP contribution < -0.4 is 4.72 Å². The lowest BCUT2D eigenvalue weighted by atomic mass is 10.5. The van der Waals surface area contributed by atoms with Crippen molar-refractivity contribution in [2.24, 2.45) is 0 Å². The van der Waals surface area contributed by atoms with E-state index < -0.39 is 25.0 Å². The van der Waals surface area contributed by atoms with Gasteiger partial charge in [0.05, 0.1) is 5.75 Å². The maximum Gasteiger partial charge on any atom is 0.274 e. The lowest BCUT2D eigenvalue weighted by Crippen LogP contribution is -2.29. The van der Waals surface area contributed by atoms with Gasteiger partial charge in [0.15, 0.2) is 21.9 Å². The van der Waals surface area contributed by atoms with E-state index in [1.807, 2.05) is 0 Å². The summed E-state index contributed by atoms with van der Waals surface area (Å²) in [5.74, 6) is -0.453. The molecule has 0 aliphatic carbocycles. The first-order chi connectivity index (χ1) is 8.30. The number of nitrogens with one attached hydrogen (secondary N) is 1. The Bertz CT molecular complexity index is 613. The second-order valence-corrected chi connectivity index (χ2v) is 7.58. The molecule has 1 rings (SSSR count). The molecule has 0 saturated heterocycles. The second-order valence-electron chi connectivity index (χ2n) is 3.41. The maximum absolute atomic E-state index is 11.6. The van der Waals surface area contributed by atoms with E-state index >= 15 is 0 Å². The van der Waals surface area contributed by atoms with Crippen LogP contribution >= 0.6 is 0 Å². The number of aldehydes is 1. The van der Waals surface area contributed by atoms with Gasteiger partial charge in [-0.05, 0) is 12.1 Å². The van der Waals surface area contributed by atoms with E-state index in [1.54, 1.807) is 0 Å². The van der Waals surface area contributed by atoms with E-state index in [4.69, 9.17) is 4.42 Å². The minimum atomic E-state index is -3.92. The highest BCUT2D eigenvalue weighted by molar-refractivity contribution is 7.91. The average molecular weight is 295 g/mol. The molecule has 1 N–H and O–H groups in total. The Labute approximate surface area is 105 Å². The van der Waals surface area contributed by atoms with Crippen molar-refractivity contribution < 1.29 is 26.0 Å². The molecule has 18 heavy (non-hydrogen) atoms. The largest absolute Gasteiger partial charge is 0.440 e. The Hall–Kier alpha value is -1.19. The van der Waals surface area contributed by atoms with E-state index in [0.29, 0.717) is 6.29 Å². The van der Waals surface area contributed by atoms with Crippen LogP contribution in [0, 0.1) is 0 Å². The Morgan fingerprint density at radius 3 is 2.44 bits per heavy atom. The summed E-state index contributed by atoms with van der Waals surface area (Å²) in [6.07, 6.45) is 0.376. The van der Waals surface area contributed by atoms with Gasteiger partial charge in [-0.2, -0.15) is 0 Å². The zero-order valence-corrected chi connectivity index (χ0v) is 11.3. The normalized spacial score (nSPS) is 12.5. The van der Waals surface area contributed by atoms with E-state index in [1.165, 1.54) is 13.0 Å². The fraction of sp³-hybridized carbons (Fsp3) is 0.444. The summed E-state index contributed by atoms with van der Waals surface area (Å²) in [5.41, 5.74) is 0. The fourth-order valence-corrected chi connectivity index (χ4v) is 2.89. The Morgan fingerprint density at radius 2 is 1.94 bits per heavy atom. The monoisotopic (exact) mass is 295 g/mol. The summed E-state index contributed by atoms with van der Waals surface area (Å²) in [4.78, 5) is 10.3. The molecule has 1 aromatic heterocycles. The quantitative estimate of drug-likeness (QED) is 0.698. The Morgan fingerprint density at radius 1 is 1.28 bits per heavy atom. The summed E-state index contributed by atoms with van der Waals surface area (Å²) in [6, 6.07) is 2.34. The molecule has 0 bridgehead atoms. The van der Waals surface area contributed by atoms with Gasteiger partial charge >= 0.3 is 0 Å². The lowest BCUT2D eigenvalue weighted by Gasteiger charge is -2.03. The van der Waals surface area contributed by atoms with Crippen molar-refractivity contribution in [1.29, 1.82) is 0 Å². The number of sulfone groups is 1. The summed E-state index contributed by atoms with van der Waals surface area (Å²) in [5, 5.41) is -0.418. The van der Waals surface area contributed by atoms with Crippen LogP contribution in [-0.2, 0) is 19.9 Å². The second kappa shape index (κ2) is 5.63. The number of hydrogen-bond acceptors (Lipinski definition) is 6. The summed E-state index contributed by atoms with van der Waals surface area (Å²) in [6.45, 7) is 1.24. The van der Waals surface area contributed by atoms with Crippen molar-refractivity contribution in [1.82, 2.24) is 4.72 Å². The first-order valence-corrected chi connectivity index (χ1v) is 8.36. The molecule has 0 radical (unpaired) electrons. The van der Waals surface area contributed by atoms with E-state index in [2.05, 4.69) is 4.72 Å². The molecule has 9 heteroatoms. The molecule has 0 atom stereocenters. The number of carbonyl (C=O) groups excluding carboxylic acids is 1. The molecule has 1 aromatic rings. The summed E-state index contributed by atoms with van der Waals surface area (Å²) < 4.78 is 52.4. The van der Waals surface area contributed by atoms with Crippen LogP contribution in [0.1, 0.15) is 17.5 Å². The van der Waals surface area contributed by atoms with Gasteiger partial charge in [0.25, 0.3) is 10.0 Å². The van der Waals surface area contributed by atoms with Gasteiger partial charge in [-0.25, -0.2) is 21.6 Å². The first-order valence-electron chi connectivity index (χ1n) is 5.06. The van der Waals surface area contributed by atoms with Gasteiger partial charge in [-0.3, -0.25) is 4.79 Å². The van der Waals surface area contributed by atoms with Gasteiger partial charge in [-0.15, -0.1) is 0 Å². The highest BCUT2D eigenvalue weighted by atomic mass is 32.2. The number of rotatable bonds is 7. The summed E-state index contributed by atoms with van der Waals surface area (Å²) >= 11 is 0. The predicted molar refractivity (Wildman–Crippen MR) is 63.6 cm³/mol. The predicted octanol–water partition coefficient (Wildman–Crippen LogP) is -0.195. The highest BCUT2D eigenvalue weighted by Crippen LogP contribution is 2.11. The minimum absolute atomic E-state index is 0.0508. The third kappa shape index (κ3) is 3.93. The fourth-order valence-electron chi connectivity index (χ4n) is 1.09. The van der Waals surface area contributed by atoms with Crippen molar-refractivity contribution in [3.63, 3.8) is 0 Å². The molecule has 1 heterocycles. The van der Waals surface area contributed by atoms with E-state index in [-0.39, 0.29) is 23.8 Å². The molecule has 0 amide bonds. The highest BCUT2D eigenvalue weighted by Gasteiger charge is 2.19. The van der Waals surface area contributed by atoms with Crippen LogP contribution in [0.3, 0.4) is 0 Å². The van der Waals surface area contributed by atoms with Crippen LogP contribution in [0.15, 0.2) is 21.6 Å². The van der Waals surface area contributed by atoms with Crippen LogP contribution in [0.25, 0.3) is 0 Å². The molecule has 7 nitrogen and oxygen atoms in total. The third-order valence-electron chi connectivity index (χ3n) is 2.13. The van der Waals surface area contributed by atoms with Crippen molar-refractivity contribution in [3.8, 4) is 0 Å². The van der Waals surface area contributed by atoms with Gasteiger partial charge in [0, 0.05) is 12.3 Å². The smallest absolute Gasteiger partial charge is 0.274 e. The van der Waals surface area contributed by atoms with Crippen LogP contribution in [0.4, 0.5) is 0 Å².